The number of nitrogens with zero attached hydrogens (tertiary/aromatic N) is 4. The van der Waals surface area contributed by atoms with Crippen LogP contribution in [0, 0.1) is 0 Å². The van der Waals surface area contributed by atoms with E-state index >= 15 is 0 Å². The quantitative estimate of drug-likeness (QED) is 0.182. The van der Waals surface area contributed by atoms with Crippen molar-refractivity contribution in [1.29, 1.82) is 0 Å². The minimum Gasteiger partial charge on any atom is -0.456 e. The first-order valence-electron chi connectivity index (χ1n) is 18.8. The van der Waals surface area contributed by atoms with Gasteiger partial charge in [-0.25, -0.2) is 15.0 Å². The van der Waals surface area contributed by atoms with Crippen molar-refractivity contribution < 1.29 is 4.74 Å². The molecule has 1 aliphatic heterocycles. The van der Waals surface area contributed by atoms with E-state index in [2.05, 4.69) is 150 Å². The summed E-state index contributed by atoms with van der Waals surface area (Å²) in [6, 6.07) is 63.9. The highest BCUT2D eigenvalue weighted by atomic mass is 16.5. The average molecular weight is 715 g/mol. The van der Waals surface area contributed by atoms with Crippen LogP contribution in [0.2, 0.25) is 0 Å². The van der Waals surface area contributed by atoms with Crippen molar-refractivity contribution in [3.8, 4) is 62.5 Å². The smallest absolute Gasteiger partial charge is 0.164 e. The van der Waals surface area contributed by atoms with Gasteiger partial charge in [0, 0.05) is 43.8 Å². The Morgan fingerprint density at radius 3 is 1.80 bits per heavy atom. The van der Waals surface area contributed by atoms with Gasteiger partial charge in [0.15, 0.2) is 17.5 Å². The van der Waals surface area contributed by atoms with Gasteiger partial charge in [0.25, 0.3) is 0 Å². The first-order chi connectivity index (χ1) is 27.7. The predicted molar refractivity (Wildman–Crippen MR) is 229 cm³/mol. The van der Waals surface area contributed by atoms with Gasteiger partial charge in [-0.1, -0.05) is 127 Å². The van der Waals surface area contributed by atoms with Crippen LogP contribution in [0.3, 0.4) is 0 Å². The summed E-state index contributed by atoms with van der Waals surface area (Å²) in [5, 5.41) is 9.44. The van der Waals surface area contributed by atoms with Gasteiger partial charge in [-0.15, -0.1) is 0 Å². The van der Waals surface area contributed by atoms with Crippen molar-refractivity contribution in [2.24, 2.45) is 0 Å². The number of hydrogen-bond donors (Lipinski definition) is 0. The molecule has 0 radical (unpaired) electrons. The van der Waals surface area contributed by atoms with E-state index in [9.17, 15) is 0 Å². The Labute approximate surface area is 321 Å². The van der Waals surface area contributed by atoms with Gasteiger partial charge in [-0.3, -0.25) is 0 Å². The van der Waals surface area contributed by atoms with Crippen LogP contribution in [0.25, 0.3) is 105 Å². The van der Waals surface area contributed by atoms with Gasteiger partial charge in [-0.05, 0) is 81.7 Å². The minimum atomic E-state index is 0.606. The van der Waals surface area contributed by atoms with E-state index in [0.29, 0.717) is 17.5 Å². The number of fused-ring (bicyclic) bond motifs is 7. The van der Waals surface area contributed by atoms with Crippen molar-refractivity contribution in [2.45, 2.75) is 0 Å². The van der Waals surface area contributed by atoms with Gasteiger partial charge in [0.05, 0.1) is 16.7 Å². The lowest BCUT2D eigenvalue weighted by atomic mass is 9.92. The standard InChI is InChI=1S/C51H30N4O/c1-2-12-32(13-3-1)49-52-50(36-22-21-31-11-4-5-14-33(31)27-36)54-51(53-49)37-23-25-46-42(29-37)39-18-10-19-40-44(24-26-47(56-46)48(39)40)55-43-20-9-8-17-38(43)41-28-34-15-6-7-16-35(34)30-45(41)55/h1-30H. The number of aromatic nitrogens is 4. The third-order valence-corrected chi connectivity index (χ3v) is 11.2. The van der Waals surface area contributed by atoms with Crippen molar-refractivity contribution in [3.05, 3.63) is 182 Å². The monoisotopic (exact) mass is 714 g/mol. The lowest BCUT2D eigenvalue weighted by Crippen LogP contribution is -2.03. The molecule has 3 heterocycles. The second kappa shape index (κ2) is 11.9. The Hall–Kier alpha value is -7.63. The number of ether oxygens (including phenoxy) is 1. The highest BCUT2D eigenvalue weighted by Gasteiger charge is 2.24. The van der Waals surface area contributed by atoms with Crippen LogP contribution in [-0.2, 0) is 0 Å². The van der Waals surface area contributed by atoms with Crippen LogP contribution in [0.1, 0.15) is 0 Å². The molecular weight excluding hydrogens is 685 g/mol. The first kappa shape index (κ1) is 30.8. The molecule has 0 saturated heterocycles. The van der Waals surface area contributed by atoms with Gasteiger partial charge < -0.3 is 9.30 Å². The van der Waals surface area contributed by atoms with Crippen molar-refractivity contribution >= 4 is 54.1 Å². The van der Waals surface area contributed by atoms with Crippen molar-refractivity contribution in [1.82, 2.24) is 19.5 Å². The molecule has 0 N–H and O–H groups in total. The highest BCUT2D eigenvalue weighted by molar-refractivity contribution is 6.16. The lowest BCUT2D eigenvalue weighted by Gasteiger charge is -2.23. The molecule has 5 nitrogen and oxygen atoms in total. The van der Waals surface area contributed by atoms with Gasteiger partial charge in [0.2, 0.25) is 0 Å². The van der Waals surface area contributed by atoms with E-state index in [4.69, 9.17) is 19.7 Å². The first-order valence-corrected chi connectivity index (χ1v) is 18.8. The predicted octanol–water partition coefficient (Wildman–Crippen LogP) is 13.2. The maximum Gasteiger partial charge on any atom is 0.164 e. The van der Waals surface area contributed by atoms with Crippen LogP contribution in [0.5, 0.6) is 11.5 Å². The van der Waals surface area contributed by atoms with Crippen molar-refractivity contribution in [2.75, 3.05) is 0 Å². The zero-order valence-electron chi connectivity index (χ0n) is 30.0. The molecule has 5 heteroatoms. The molecule has 0 spiro atoms. The zero-order valence-corrected chi connectivity index (χ0v) is 30.0. The highest BCUT2D eigenvalue weighted by Crippen LogP contribution is 2.49. The second-order valence-corrected chi connectivity index (χ2v) is 14.4. The second-order valence-electron chi connectivity index (χ2n) is 14.4. The third kappa shape index (κ3) is 4.71. The summed E-state index contributed by atoms with van der Waals surface area (Å²) in [5.41, 5.74) is 8.33. The van der Waals surface area contributed by atoms with Crippen LogP contribution in [-0.4, -0.2) is 19.5 Å². The lowest BCUT2D eigenvalue weighted by molar-refractivity contribution is 0.487. The molecule has 0 saturated carbocycles. The molecule has 56 heavy (non-hydrogen) atoms. The number of rotatable bonds is 4. The summed E-state index contributed by atoms with van der Waals surface area (Å²) in [4.78, 5) is 15.2. The third-order valence-electron chi connectivity index (χ3n) is 11.2. The molecule has 0 amide bonds. The number of benzene rings is 9. The van der Waals surface area contributed by atoms with E-state index in [-0.39, 0.29) is 0 Å². The molecule has 0 aliphatic carbocycles. The molecule has 9 aromatic carbocycles. The summed E-state index contributed by atoms with van der Waals surface area (Å²) < 4.78 is 9.12. The van der Waals surface area contributed by atoms with E-state index in [1.807, 2.05) is 36.4 Å². The molecule has 0 bridgehead atoms. The Morgan fingerprint density at radius 2 is 0.982 bits per heavy atom. The van der Waals surface area contributed by atoms with Crippen LogP contribution >= 0.6 is 0 Å². The largest absolute Gasteiger partial charge is 0.456 e. The molecule has 0 fully saturated rings. The Bertz CT molecular complexity index is 3400. The molecule has 260 valence electrons. The van der Waals surface area contributed by atoms with Gasteiger partial charge >= 0.3 is 0 Å². The summed E-state index contributed by atoms with van der Waals surface area (Å²) in [5.74, 6) is 3.51. The molecule has 11 aromatic rings. The molecule has 0 unspecified atom stereocenters. The zero-order chi connectivity index (χ0) is 36.7. The summed E-state index contributed by atoms with van der Waals surface area (Å²) in [6.07, 6.45) is 0. The fraction of sp³-hybridized carbons (Fsp3) is 0. The summed E-state index contributed by atoms with van der Waals surface area (Å²) in [7, 11) is 0. The number of hydrogen-bond acceptors (Lipinski definition) is 4. The van der Waals surface area contributed by atoms with Crippen LogP contribution < -0.4 is 4.74 Å². The van der Waals surface area contributed by atoms with E-state index in [1.54, 1.807) is 0 Å². The summed E-state index contributed by atoms with van der Waals surface area (Å²) >= 11 is 0. The Morgan fingerprint density at radius 1 is 0.357 bits per heavy atom. The fourth-order valence-corrected chi connectivity index (χ4v) is 8.54. The molecule has 1 aliphatic rings. The minimum absolute atomic E-state index is 0.606. The van der Waals surface area contributed by atoms with Crippen molar-refractivity contribution in [3.63, 3.8) is 0 Å². The molecule has 12 rings (SSSR count). The molecule has 0 atom stereocenters. The van der Waals surface area contributed by atoms with Gasteiger partial charge in [0.1, 0.15) is 11.5 Å². The average Bonchev–Trinajstić information content (AvgIpc) is 3.58. The molecular formula is C51H30N4O. The Kier molecular flexibility index (Phi) is 6.56. The van der Waals surface area contributed by atoms with E-state index < -0.39 is 0 Å². The fourth-order valence-electron chi connectivity index (χ4n) is 8.54. The Balaban J connectivity index is 1.05. The van der Waals surface area contributed by atoms with E-state index in [0.717, 1.165) is 61.2 Å². The molecule has 2 aromatic heterocycles. The van der Waals surface area contributed by atoms with Gasteiger partial charge in [-0.2, -0.15) is 0 Å². The maximum absolute atomic E-state index is 6.71. The SMILES string of the molecule is c1ccc(-c2nc(-c3ccc4c(c3)-c3cccc5c(-n6c7ccccc7c7cc8ccccc8cc76)ccc(c35)O4)nc(-c3ccc4ccccc4c3)n2)cc1. The number of para-hydroxylation sites is 1. The summed E-state index contributed by atoms with van der Waals surface area (Å²) in [6.45, 7) is 0. The maximum atomic E-state index is 6.71. The van der Waals surface area contributed by atoms with Crippen LogP contribution in [0.4, 0.5) is 0 Å². The normalized spacial score (nSPS) is 12.1. The topological polar surface area (TPSA) is 52.8 Å². The van der Waals surface area contributed by atoms with E-state index in [1.165, 1.54) is 38.0 Å². The van der Waals surface area contributed by atoms with Crippen LogP contribution in [0.15, 0.2) is 182 Å².